The van der Waals surface area contributed by atoms with Crippen molar-refractivity contribution in [2.45, 2.75) is 11.8 Å². The number of aryl methyl sites for hydroxylation is 1. The number of carbonyl (C=O) groups excluding carboxylic acids is 1. The quantitative estimate of drug-likeness (QED) is 0.836. The maximum Gasteiger partial charge on any atom is 0.264 e. The van der Waals surface area contributed by atoms with E-state index < -0.39 is 15.8 Å². The van der Waals surface area contributed by atoms with Gasteiger partial charge in [-0.2, -0.15) is 4.31 Å². The van der Waals surface area contributed by atoms with Crippen molar-refractivity contribution in [3.05, 3.63) is 52.0 Å². The van der Waals surface area contributed by atoms with Crippen molar-refractivity contribution in [3.8, 4) is 0 Å². The van der Waals surface area contributed by atoms with E-state index in [1.807, 2.05) is 11.4 Å². The van der Waals surface area contributed by atoms with Crippen LogP contribution in [0.2, 0.25) is 0 Å². The Labute approximate surface area is 144 Å². The molecule has 1 aromatic heterocycles. The minimum atomic E-state index is -3.68. The SMILES string of the molecule is Cc1cc(F)ccc1S(=O)(=O)N1CCN(C(=O)c2cccs2)CC1. The minimum Gasteiger partial charge on any atom is -0.335 e. The first-order chi connectivity index (χ1) is 11.4. The predicted molar refractivity (Wildman–Crippen MR) is 90.1 cm³/mol. The fourth-order valence-electron chi connectivity index (χ4n) is 2.73. The second-order valence-electron chi connectivity index (χ2n) is 5.58. The van der Waals surface area contributed by atoms with Gasteiger partial charge in [0.25, 0.3) is 5.91 Å². The third-order valence-corrected chi connectivity index (χ3v) is 6.93. The first-order valence-corrected chi connectivity index (χ1v) is 9.80. The van der Waals surface area contributed by atoms with Crippen molar-refractivity contribution in [2.75, 3.05) is 26.2 Å². The van der Waals surface area contributed by atoms with Crippen LogP contribution < -0.4 is 0 Å². The fourth-order valence-corrected chi connectivity index (χ4v) is 5.05. The number of benzene rings is 1. The number of rotatable bonds is 3. The molecule has 0 aliphatic carbocycles. The summed E-state index contributed by atoms with van der Waals surface area (Å²) in [6.45, 7) is 2.73. The Morgan fingerprint density at radius 3 is 2.46 bits per heavy atom. The molecule has 0 unspecified atom stereocenters. The first kappa shape index (κ1) is 17.1. The van der Waals surface area contributed by atoms with Crippen LogP contribution in [0.15, 0.2) is 40.6 Å². The van der Waals surface area contributed by atoms with E-state index in [0.717, 1.165) is 6.07 Å². The van der Waals surface area contributed by atoms with E-state index in [2.05, 4.69) is 0 Å². The average molecular weight is 368 g/mol. The largest absolute Gasteiger partial charge is 0.335 e. The Bertz CT molecular complexity index is 842. The highest BCUT2D eigenvalue weighted by Crippen LogP contribution is 2.22. The summed E-state index contributed by atoms with van der Waals surface area (Å²) >= 11 is 1.37. The van der Waals surface area contributed by atoms with Gasteiger partial charge >= 0.3 is 0 Å². The van der Waals surface area contributed by atoms with Crippen LogP contribution in [0.1, 0.15) is 15.2 Å². The van der Waals surface area contributed by atoms with Crippen LogP contribution >= 0.6 is 11.3 Å². The third-order valence-electron chi connectivity index (χ3n) is 4.01. The van der Waals surface area contributed by atoms with Gasteiger partial charge in [0.15, 0.2) is 0 Å². The monoisotopic (exact) mass is 368 g/mol. The molecule has 128 valence electrons. The number of piperazine rings is 1. The summed E-state index contributed by atoms with van der Waals surface area (Å²) in [4.78, 5) is 14.7. The van der Waals surface area contributed by atoms with Gasteiger partial charge in [0.1, 0.15) is 5.82 Å². The van der Waals surface area contributed by atoms with Crippen LogP contribution in [0.4, 0.5) is 4.39 Å². The van der Waals surface area contributed by atoms with Gasteiger partial charge in [-0.15, -0.1) is 11.3 Å². The third kappa shape index (κ3) is 3.22. The second-order valence-corrected chi connectivity index (χ2v) is 8.44. The summed E-state index contributed by atoms with van der Waals surface area (Å²) in [6, 6.07) is 7.23. The number of thiophene rings is 1. The number of sulfonamides is 1. The van der Waals surface area contributed by atoms with Gasteiger partial charge in [0, 0.05) is 26.2 Å². The summed E-state index contributed by atoms with van der Waals surface area (Å²) in [5, 5.41) is 1.84. The topological polar surface area (TPSA) is 57.7 Å². The Balaban J connectivity index is 1.73. The highest BCUT2D eigenvalue weighted by atomic mass is 32.2. The smallest absolute Gasteiger partial charge is 0.264 e. The molecule has 3 rings (SSSR count). The highest BCUT2D eigenvalue weighted by molar-refractivity contribution is 7.89. The molecule has 1 saturated heterocycles. The Hall–Kier alpha value is -1.77. The van der Waals surface area contributed by atoms with Gasteiger partial charge in [-0.05, 0) is 42.1 Å². The molecule has 0 N–H and O–H groups in total. The summed E-state index contributed by atoms with van der Waals surface area (Å²) < 4.78 is 40.0. The molecule has 5 nitrogen and oxygen atoms in total. The summed E-state index contributed by atoms with van der Waals surface area (Å²) in [5.41, 5.74) is 0.382. The van der Waals surface area contributed by atoms with E-state index in [1.54, 1.807) is 17.9 Å². The molecule has 0 radical (unpaired) electrons. The average Bonchev–Trinajstić information content (AvgIpc) is 3.08. The van der Waals surface area contributed by atoms with Gasteiger partial charge in [-0.3, -0.25) is 4.79 Å². The minimum absolute atomic E-state index is 0.0694. The molecule has 1 fully saturated rings. The zero-order chi connectivity index (χ0) is 17.3. The molecule has 1 aliphatic heterocycles. The lowest BCUT2D eigenvalue weighted by Gasteiger charge is -2.34. The van der Waals surface area contributed by atoms with Crippen molar-refractivity contribution < 1.29 is 17.6 Å². The Kier molecular flexibility index (Phi) is 4.71. The van der Waals surface area contributed by atoms with Gasteiger partial charge in [0.05, 0.1) is 9.77 Å². The van der Waals surface area contributed by atoms with Gasteiger partial charge in [-0.25, -0.2) is 12.8 Å². The van der Waals surface area contributed by atoms with Crippen molar-refractivity contribution in [1.29, 1.82) is 0 Å². The normalized spacial score (nSPS) is 16.3. The Morgan fingerprint density at radius 2 is 1.88 bits per heavy atom. The maximum absolute atomic E-state index is 13.2. The summed E-state index contributed by atoms with van der Waals surface area (Å²) in [7, 11) is -3.68. The highest BCUT2D eigenvalue weighted by Gasteiger charge is 2.31. The second kappa shape index (κ2) is 6.62. The molecular weight excluding hydrogens is 351 g/mol. The molecule has 0 atom stereocenters. The van der Waals surface area contributed by atoms with Crippen LogP contribution in [0.25, 0.3) is 0 Å². The molecule has 24 heavy (non-hydrogen) atoms. The molecule has 1 aromatic carbocycles. The molecule has 1 amide bonds. The van der Waals surface area contributed by atoms with Gasteiger partial charge in [-0.1, -0.05) is 6.07 Å². The lowest BCUT2D eigenvalue weighted by atomic mass is 10.2. The van der Waals surface area contributed by atoms with Crippen molar-refractivity contribution in [1.82, 2.24) is 9.21 Å². The number of nitrogens with zero attached hydrogens (tertiary/aromatic N) is 2. The van der Waals surface area contributed by atoms with Crippen LogP contribution in [0.5, 0.6) is 0 Å². The lowest BCUT2D eigenvalue weighted by Crippen LogP contribution is -2.50. The molecule has 2 aromatic rings. The molecule has 1 aliphatic rings. The number of hydrogen-bond acceptors (Lipinski definition) is 4. The van der Waals surface area contributed by atoms with E-state index in [-0.39, 0.29) is 23.9 Å². The number of hydrogen-bond donors (Lipinski definition) is 0. The van der Waals surface area contributed by atoms with E-state index in [4.69, 9.17) is 0 Å². The zero-order valence-corrected chi connectivity index (χ0v) is 14.7. The lowest BCUT2D eigenvalue weighted by molar-refractivity contribution is 0.0703. The summed E-state index contributed by atoms with van der Waals surface area (Å²) in [6.07, 6.45) is 0. The van der Waals surface area contributed by atoms with Crippen molar-refractivity contribution in [2.24, 2.45) is 0 Å². The van der Waals surface area contributed by atoms with Crippen LogP contribution in [-0.2, 0) is 10.0 Å². The number of amides is 1. The van der Waals surface area contributed by atoms with Crippen LogP contribution in [0.3, 0.4) is 0 Å². The molecule has 2 heterocycles. The van der Waals surface area contributed by atoms with Crippen molar-refractivity contribution >= 4 is 27.3 Å². The van der Waals surface area contributed by atoms with Gasteiger partial charge < -0.3 is 4.90 Å². The first-order valence-electron chi connectivity index (χ1n) is 7.48. The maximum atomic E-state index is 13.2. The van der Waals surface area contributed by atoms with Gasteiger partial charge in [0.2, 0.25) is 10.0 Å². The Morgan fingerprint density at radius 1 is 1.17 bits per heavy atom. The van der Waals surface area contributed by atoms with E-state index >= 15 is 0 Å². The van der Waals surface area contributed by atoms with E-state index in [9.17, 15) is 17.6 Å². The van der Waals surface area contributed by atoms with E-state index in [1.165, 1.54) is 27.8 Å². The molecular formula is C16H17FN2O3S2. The van der Waals surface area contributed by atoms with Crippen molar-refractivity contribution in [3.63, 3.8) is 0 Å². The zero-order valence-electron chi connectivity index (χ0n) is 13.1. The predicted octanol–water partition coefficient (Wildman–Crippen LogP) is 2.34. The number of carbonyl (C=O) groups is 1. The summed E-state index contributed by atoms with van der Waals surface area (Å²) in [5.74, 6) is -0.530. The molecule has 0 spiro atoms. The van der Waals surface area contributed by atoms with Crippen LogP contribution in [0, 0.1) is 12.7 Å². The molecule has 8 heteroatoms. The molecule has 0 bridgehead atoms. The van der Waals surface area contributed by atoms with Crippen LogP contribution in [-0.4, -0.2) is 49.7 Å². The number of halogens is 1. The fraction of sp³-hybridized carbons (Fsp3) is 0.312. The molecule has 0 saturated carbocycles. The standard InChI is InChI=1S/C16H17FN2O3S2/c1-12-11-13(17)4-5-15(12)24(21,22)19-8-6-18(7-9-19)16(20)14-3-2-10-23-14/h2-5,10-11H,6-9H2,1H3. The van der Waals surface area contributed by atoms with E-state index in [0.29, 0.717) is 23.5 Å².